The van der Waals surface area contributed by atoms with E-state index in [2.05, 4.69) is 30.4 Å². The lowest BCUT2D eigenvalue weighted by atomic mass is 10.1. The van der Waals surface area contributed by atoms with Gasteiger partial charge in [0.05, 0.1) is 6.04 Å². The Morgan fingerprint density at radius 2 is 1.84 bits per heavy atom. The van der Waals surface area contributed by atoms with E-state index in [1.54, 1.807) is 0 Å². The van der Waals surface area contributed by atoms with Gasteiger partial charge in [-0.05, 0) is 44.0 Å². The number of aryl methyl sites for hydroxylation is 1. The summed E-state index contributed by atoms with van der Waals surface area (Å²) < 4.78 is 5.81. The summed E-state index contributed by atoms with van der Waals surface area (Å²) in [6, 6.07) is 15.9. The van der Waals surface area contributed by atoms with E-state index < -0.39 is 0 Å². The van der Waals surface area contributed by atoms with Crippen LogP contribution in [0.1, 0.15) is 43.0 Å². The van der Waals surface area contributed by atoms with Crippen LogP contribution in [0.4, 0.5) is 0 Å². The predicted molar refractivity (Wildman–Crippen MR) is 104 cm³/mol. The number of amides is 1. The van der Waals surface area contributed by atoms with E-state index in [1.165, 1.54) is 5.56 Å². The molecule has 0 aliphatic carbocycles. The number of hydrogen-bond donors (Lipinski definition) is 2. The molecule has 2 atom stereocenters. The highest BCUT2D eigenvalue weighted by molar-refractivity contribution is 5.85. The first-order valence-electron chi connectivity index (χ1n) is 8.27. The van der Waals surface area contributed by atoms with E-state index in [0.29, 0.717) is 13.0 Å². The minimum absolute atomic E-state index is 0. The standard InChI is InChI=1S/C20H26N2O2.ClH/c1-14-5-4-6-17(11-14)13-24-19-9-7-18(8-10-19)16(3)22-20(23)12-15(2)21;/h4-11,15-16H,12-13,21H2,1-3H3,(H,22,23);1H. The van der Waals surface area contributed by atoms with Gasteiger partial charge >= 0.3 is 0 Å². The second-order valence-corrected chi connectivity index (χ2v) is 6.32. The van der Waals surface area contributed by atoms with Gasteiger partial charge in [-0.15, -0.1) is 12.4 Å². The van der Waals surface area contributed by atoms with Crippen molar-refractivity contribution in [3.63, 3.8) is 0 Å². The molecular formula is C20H27ClN2O2. The van der Waals surface area contributed by atoms with E-state index in [4.69, 9.17) is 10.5 Å². The van der Waals surface area contributed by atoms with Gasteiger partial charge in [0.15, 0.2) is 0 Å². The lowest BCUT2D eigenvalue weighted by molar-refractivity contribution is -0.122. The highest BCUT2D eigenvalue weighted by Gasteiger charge is 2.11. The molecule has 2 unspecified atom stereocenters. The Morgan fingerprint density at radius 3 is 2.44 bits per heavy atom. The van der Waals surface area contributed by atoms with Crippen LogP contribution in [0.3, 0.4) is 0 Å². The van der Waals surface area contributed by atoms with Gasteiger partial charge < -0.3 is 15.8 Å². The molecule has 5 heteroatoms. The molecule has 2 rings (SSSR count). The van der Waals surface area contributed by atoms with Crippen molar-refractivity contribution in [3.05, 3.63) is 65.2 Å². The van der Waals surface area contributed by atoms with Crippen molar-refractivity contribution >= 4 is 18.3 Å². The van der Waals surface area contributed by atoms with Crippen molar-refractivity contribution in [2.45, 2.75) is 45.9 Å². The molecule has 1 amide bonds. The third-order valence-corrected chi connectivity index (χ3v) is 3.75. The Bertz CT molecular complexity index is 672. The molecule has 2 aromatic carbocycles. The number of rotatable bonds is 7. The summed E-state index contributed by atoms with van der Waals surface area (Å²) >= 11 is 0. The van der Waals surface area contributed by atoms with Gasteiger partial charge in [-0.2, -0.15) is 0 Å². The van der Waals surface area contributed by atoms with Crippen LogP contribution in [0.25, 0.3) is 0 Å². The molecule has 0 aliphatic heterocycles. The summed E-state index contributed by atoms with van der Waals surface area (Å²) in [7, 11) is 0. The van der Waals surface area contributed by atoms with Crippen LogP contribution < -0.4 is 15.8 Å². The Kier molecular flexibility index (Phi) is 8.46. The zero-order chi connectivity index (χ0) is 17.5. The molecule has 4 nitrogen and oxygen atoms in total. The van der Waals surface area contributed by atoms with Gasteiger partial charge in [0, 0.05) is 12.5 Å². The molecule has 25 heavy (non-hydrogen) atoms. The summed E-state index contributed by atoms with van der Waals surface area (Å²) in [6.07, 6.45) is 0.335. The van der Waals surface area contributed by atoms with Crippen LogP contribution in [0.5, 0.6) is 5.75 Å². The fourth-order valence-electron chi connectivity index (χ4n) is 2.50. The van der Waals surface area contributed by atoms with Crippen LogP contribution in [-0.2, 0) is 11.4 Å². The maximum Gasteiger partial charge on any atom is 0.222 e. The molecular weight excluding hydrogens is 336 g/mol. The number of halogens is 1. The second kappa shape index (κ2) is 10.1. The number of carbonyl (C=O) groups excluding carboxylic acids is 1. The molecule has 0 heterocycles. The average Bonchev–Trinajstić information content (AvgIpc) is 2.52. The van der Waals surface area contributed by atoms with Crippen LogP contribution in [0.2, 0.25) is 0 Å². The number of nitrogens with one attached hydrogen (secondary N) is 1. The fraction of sp³-hybridized carbons (Fsp3) is 0.350. The lowest BCUT2D eigenvalue weighted by Crippen LogP contribution is -2.31. The van der Waals surface area contributed by atoms with Crippen LogP contribution in [0.15, 0.2) is 48.5 Å². The van der Waals surface area contributed by atoms with Gasteiger partial charge in [0.25, 0.3) is 0 Å². The highest BCUT2D eigenvalue weighted by Crippen LogP contribution is 2.19. The first-order valence-corrected chi connectivity index (χ1v) is 8.27. The molecule has 0 aliphatic rings. The van der Waals surface area contributed by atoms with Crippen molar-refractivity contribution in [1.82, 2.24) is 5.32 Å². The summed E-state index contributed by atoms with van der Waals surface area (Å²) in [5.41, 5.74) is 9.05. The second-order valence-electron chi connectivity index (χ2n) is 6.32. The van der Waals surface area contributed by atoms with E-state index >= 15 is 0 Å². The van der Waals surface area contributed by atoms with Crippen LogP contribution in [0, 0.1) is 6.92 Å². The zero-order valence-corrected chi connectivity index (χ0v) is 15.8. The quantitative estimate of drug-likeness (QED) is 0.784. The fourth-order valence-corrected chi connectivity index (χ4v) is 2.50. The normalized spacial score (nSPS) is 12.6. The average molecular weight is 363 g/mol. The summed E-state index contributed by atoms with van der Waals surface area (Å²) in [5, 5.41) is 2.95. The van der Waals surface area contributed by atoms with Gasteiger partial charge in [-0.25, -0.2) is 0 Å². The topological polar surface area (TPSA) is 64.3 Å². The lowest BCUT2D eigenvalue weighted by Gasteiger charge is -2.16. The van der Waals surface area contributed by atoms with Gasteiger partial charge in [-0.3, -0.25) is 4.79 Å². The number of nitrogens with two attached hydrogens (primary N) is 1. The van der Waals surface area contributed by atoms with E-state index in [1.807, 2.05) is 44.2 Å². The van der Waals surface area contributed by atoms with E-state index in [9.17, 15) is 4.79 Å². The Morgan fingerprint density at radius 1 is 1.16 bits per heavy atom. The molecule has 0 radical (unpaired) electrons. The Labute approximate surface area is 156 Å². The van der Waals surface area contributed by atoms with Crippen molar-refractivity contribution < 1.29 is 9.53 Å². The number of ether oxygens (including phenoxy) is 1. The maximum atomic E-state index is 11.8. The SMILES string of the molecule is Cc1cccc(COc2ccc(C(C)NC(=O)CC(C)N)cc2)c1.Cl. The first-order chi connectivity index (χ1) is 11.4. The molecule has 0 spiro atoms. The molecule has 0 bridgehead atoms. The Balaban J connectivity index is 0.00000312. The summed E-state index contributed by atoms with van der Waals surface area (Å²) in [4.78, 5) is 11.8. The van der Waals surface area contributed by atoms with Crippen molar-refractivity contribution in [2.24, 2.45) is 5.73 Å². The monoisotopic (exact) mass is 362 g/mol. The van der Waals surface area contributed by atoms with Crippen LogP contribution in [-0.4, -0.2) is 11.9 Å². The third kappa shape index (κ3) is 7.16. The van der Waals surface area contributed by atoms with Crippen molar-refractivity contribution in [3.8, 4) is 5.75 Å². The molecule has 0 saturated heterocycles. The maximum absolute atomic E-state index is 11.8. The third-order valence-electron chi connectivity index (χ3n) is 3.75. The van der Waals surface area contributed by atoms with Crippen molar-refractivity contribution in [2.75, 3.05) is 0 Å². The highest BCUT2D eigenvalue weighted by atomic mass is 35.5. The molecule has 0 saturated carbocycles. The minimum Gasteiger partial charge on any atom is -0.489 e. The minimum atomic E-state index is -0.130. The number of benzene rings is 2. The summed E-state index contributed by atoms with van der Waals surface area (Å²) in [6.45, 7) is 6.40. The number of carbonyl (C=O) groups is 1. The van der Waals surface area contributed by atoms with Gasteiger partial charge in [0.1, 0.15) is 12.4 Å². The van der Waals surface area contributed by atoms with Gasteiger partial charge in [-0.1, -0.05) is 42.0 Å². The largest absolute Gasteiger partial charge is 0.489 e. The van der Waals surface area contributed by atoms with E-state index in [0.717, 1.165) is 16.9 Å². The zero-order valence-electron chi connectivity index (χ0n) is 15.0. The van der Waals surface area contributed by atoms with E-state index in [-0.39, 0.29) is 30.4 Å². The van der Waals surface area contributed by atoms with Gasteiger partial charge in [0.2, 0.25) is 5.91 Å². The molecule has 2 aromatic rings. The smallest absolute Gasteiger partial charge is 0.222 e. The Hall–Kier alpha value is -2.04. The first kappa shape index (κ1) is 21.0. The molecule has 136 valence electrons. The molecule has 0 aromatic heterocycles. The number of hydrogen-bond acceptors (Lipinski definition) is 3. The van der Waals surface area contributed by atoms with Crippen molar-refractivity contribution in [1.29, 1.82) is 0 Å². The van der Waals surface area contributed by atoms with Crippen LogP contribution >= 0.6 is 12.4 Å². The molecule has 0 fully saturated rings. The predicted octanol–water partition coefficient (Wildman–Crippen LogP) is 3.91. The summed E-state index contributed by atoms with van der Waals surface area (Å²) in [5.74, 6) is 0.784. The molecule has 3 N–H and O–H groups in total.